The first-order valence-corrected chi connectivity index (χ1v) is 5.64. The first kappa shape index (κ1) is 8.42. The summed E-state index contributed by atoms with van der Waals surface area (Å²) in [6, 6.07) is 0.475. The zero-order chi connectivity index (χ0) is 8.72. The lowest BCUT2D eigenvalue weighted by Gasteiger charge is -2.20. The van der Waals surface area contributed by atoms with Crippen molar-refractivity contribution in [2.45, 2.75) is 31.6 Å². The molecule has 0 aliphatic carbocycles. The third kappa shape index (κ3) is 1.24. The summed E-state index contributed by atoms with van der Waals surface area (Å²) in [6.07, 6.45) is 0.765. The fraction of sp³-hybridized carbons (Fsp3) is 0.889. The smallest absolute Gasteiger partial charge is 0.220 e. The van der Waals surface area contributed by atoms with Crippen molar-refractivity contribution >= 4 is 17.7 Å². The second kappa shape index (κ2) is 2.95. The predicted octanol–water partition coefficient (Wildman–Crippen LogP) is 1.26. The van der Waals surface area contributed by atoms with Crippen LogP contribution >= 0.6 is 11.8 Å². The van der Waals surface area contributed by atoms with Gasteiger partial charge in [-0.1, -0.05) is 13.8 Å². The maximum atomic E-state index is 11.1. The molecule has 2 nitrogen and oxygen atoms in total. The fourth-order valence-corrected chi connectivity index (χ4v) is 3.86. The summed E-state index contributed by atoms with van der Waals surface area (Å²) < 4.78 is 0. The van der Waals surface area contributed by atoms with Gasteiger partial charge in [0.2, 0.25) is 5.91 Å². The second-order valence-electron chi connectivity index (χ2n) is 4.10. The Bertz CT molecular complexity index is 205. The number of thioether (sulfide) groups is 1. The highest BCUT2D eigenvalue weighted by molar-refractivity contribution is 8.00. The predicted molar refractivity (Wildman–Crippen MR) is 51.1 cm³/mol. The molecular weight excluding hydrogens is 170 g/mol. The van der Waals surface area contributed by atoms with Gasteiger partial charge in [0.25, 0.3) is 0 Å². The van der Waals surface area contributed by atoms with E-state index < -0.39 is 0 Å². The molecule has 0 aromatic heterocycles. The lowest BCUT2D eigenvalue weighted by Crippen LogP contribution is -2.37. The molecule has 12 heavy (non-hydrogen) atoms. The van der Waals surface area contributed by atoms with Crippen LogP contribution in [0.25, 0.3) is 0 Å². The lowest BCUT2D eigenvalue weighted by molar-refractivity contribution is -0.119. The molecule has 2 saturated heterocycles. The molecule has 68 valence electrons. The van der Waals surface area contributed by atoms with Gasteiger partial charge in [-0.2, -0.15) is 11.8 Å². The highest BCUT2D eigenvalue weighted by atomic mass is 32.2. The van der Waals surface area contributed by atoms with Crippen molar-refractivity contribution < 1.29 is 4.79 Å². The molecule has 0 spiro atoms. The van der Waals surface area contributed by atoms with Crippen LogP contribution in [0.1, 0.15) is 20.3 Å². The molecule has 2 heterocycles. The summed E-state index contributed by atoms with van der Waals surface area (Å²) in [4.78, 5) is 11.1. The van der Waals surface area contributed by atoms with Crippen LogP contribution in [-0.2, 0) is 4.79 Å². The highest BCUT2D eigenvalue weighted by Crippen LogP contribution is 2.40. The van der Waals surface area contributed by atoms with Gasteiger partial charge < -0.3 is 5.32 Å². The molecule has 2 aliphatic rings. The van der Waals surface area contributed by atoms with Crippen LogP contribution in [0, 0.1) is 11.8 Å². The Labute approximate surface area is 77.5 Å². The van der Waals surface area contributed by atoms with Crippen molar-refractivity contribution in [3.63, 3.8) is 0 Å². The van der Waals surface area contributed by atoms with Crippen LogP contribution < -0.4 is 5.32 Å². The maximum Gasteiger partial charge on any atom is 0.220 e. The monoisotopic (exact) mass is 185 g/mol. The van der Waals surface area contributed by atoms with Crippen molar-refractivity contribution in [1.29, 1.82) is 0 Å². The fourth-order valence-electron chi connectivity index (χ4n) is 2.19. The molecule has 2 aliphatic heterocycles. The highest BCUT2D eigenvalue weighted by Gasteiger charge is 2.44. The average molecular weight is 185 g/mol. The third-order valence-electron chi connectivity index (χ3n) is 2.80. The molecule has 1 N–H and O–H groups in total. The Morgan fingerprint density at radius 3 is 3.00 bits per heavy atom. The van der Waals surface area contributed by atoms with E-state index in [1.807, 2.05) is 11.8 Å². The SMILES string of the molecule is CC(C)C1SCC2CC(=O)NC21. The molecule has 0 radical (unpaired) electrons. The Kier molecular flexibility index (Phi) is 2.07. The number of nitrogens with one attached hydrogen (secondary N) is 1. The van der Waals surface area contributed by atoms with E-state index in [0.29, 0.717) is 23.1 Å². The Morgan fingerprint density at radius 1 is 1.58 bits per heavy atom. The normalized spacial score (nSPS) is 40.2. The number of carbonyl (C=O) groups is 1. The van der Waals surface area contributed by atoms with Crippen LogP contribution in [0.2, 0.25) is 0 Å². The largest absolute Gasteiger partial charge is 0.352 e. The van der Waals surface area contributed by atoms with Gasteiger partial charge in [-0.05, 0) is 17.6 Å². The van der Waals surface area contributed by atoms with E-state index in [1.54, 1.807) is 0 Å². The van der Waals surface area contributed by atoms with E-state index >= 15 is 0 Å². The molecule has 3 unspecified atom stereocenters. The number of hydrogen-bond acceptors (Lipinski definition) is 2. The average Bonchev–Trinajstić information content (AvgIpc) is 2.43. The molecular formula is C9H15NOS. The number of fused-ring (bicyclic) bond motifs is 1. The summed E-state index contributed by atoms with van der Waals surface area (Å²) in [6.45, 7) is 4.48. The Balaban J connectivity index is 2.08. The van der Waals surface area contributed by atoms with Crippen LogP contribution in [0.3, 0.4) is 0 Å². The standard InChI is InChI=1S/C9H15NOS/c1-5(2)9-8-6(4-12-9)3-7(11)10-8/h5-6,8-9H,3-4H2,1-2H3,(H,10,11). The second-order valence-corrected chi connectivity index (χ2v) is 5.31. The van der Waals surface area contributed by atoms with Gasteiger partial charge in [-0.3, -0.25) is 4.79 Å². The summed E-state index contributed by atoms with van der Waals surface area (Å²) in [5, 5.41) is 3.74. The maximum absolute atomic E-state index is 11.1. The van der Waals surface area contributed by atoms with E-state index in [4.69, 9.17) is 0 Å². The molecule has 2 rings (SSSR count). The molecule has 2 fully saturated rings. The van der Waals surface area contributed by atoms with Crippen molar-refractivity contribution in [1.82, 2.24) is 5.32 Å². The van der Waals surface area contributed by atoms with Gasteiger partial charge in [0, 0.05) is 17.7 Å². The summed E-state index contributed by atoms with van der Waals surface area (Å²) in [5.41, 5.74) is 0. The number of rotatable bonds is 1. The van der Waals surface area contributed by atoms with Crippen LogP contribution in [0.5, 0.6) is 0 Å². The van der Waals surface area contributed by atoms with E-state index in [2.05, 4.69) is 19.2 Å². The van der Waals surface area contributed by atoms with Crippen molar-refractivity contribution in [2.24, 2.45) is 11.8 Å². The van der Waals surface area contributed by atoms with Crippen LogP contribution in [0.4, 0.5) is 0 Å². The minimum atomic E-state index is 0.260. The van der Waals surface area contributed by atoms with Crippen molar-refractivity contribution in [3.05, 3.63) is 0 Å². The Morgan fingerprint density at radius 2 is 2.33 bits per heavy atom. The van der Waals surface area contributed by atoms with E-state index in [-0.39, 0.29) is 5.91 Å². The first-order valence-electron chi connectivity index (χ1n) is 4.59. The number of hydrogen-bond donors (Lipinski definition) is 1. The topological polar surface area (TPSA) is 29.1 Å². The van der Waals surface area contributed by atoms with E-state index in [1.165, 1.54) is 5.75 Å². The molecule has 0 bridgehead atoms. The summed E-state index contributed by atoms with van der Waals surface area (Å²) in [7, 11) is 0. The van der Waals surface area contributed by atoms with Gasteiger partial charge in [0.1, 0.15) is 0 Å². The van der Waals surface area contributed by atoms with Crippen molar-refractivity contribution in [2.75, 3.05) is 5.75 Å². The number of amides is 1. The minimum Gasteiger partial charge on any atom is -0.352 e. The van der Waals surface area contributed by atoms with Gasteiger partial charge in [0.05, 0.1) is 0 Å². The molecule has 1 amide bonds. The lowest BCUT2D eigenvalue weighted by atomic mass is 9.95. The van der Waals surface area contributed by atoms with Crippen molar-refractivity contribution in [3.8, 4) is 0 Å². The van der Waals surface area contributed by atoms with Gasteiger partial charge in [-0.25, -0.2) is 0 Å². The molecule has 3 atom stereocenters. The molecule has 3 heteroatoms. The first-order chi connectivity index (χ1) is 5.68. The van der Waals surface area contributed by atoms with Crippen LogP contribution in [0.15, 0.2) is 0 Å². The zero-order valence-electron chi connectivity index (χ0n) is 7.54. The minimum absolute atomic E-state index is 0.260. The molecule has 0 saturated carbocycles. The number of carbonyl (C=O) groups excluding carboxylic acids is 1. The van der Waals surface area contributed by atoms with Gasteiger partial charge >= 0.3 is 0 Å². The molecule has 0 aromatic carbocycles. The van der Waals surface area contributed by atoms with E-state index in [0.717, 1.165) is 6.42 Å². The Hall–Kier alpha value is -0.180. The summed E-state index contributed by atoms with van der Waals surface area (Å²) in [5.74, 6) is 2.74. The van der Waals surface area contributed by atoms with E-state index in [9.17, 15) is 4.79 Å². The zero-order valence-corrected chi connectivity index (χ0v) is 8.36. The third-order valence-corrected chi connectivity index (χ3v) is 4.64. The van der Waals surface area contributed by atoms with Crippen LogP contribution in [-0.4, -0.2) is 23.0 Å². The van der Waals surface area contributed by atoms with Gasteiger partial charge in [-0.15, -0.1) is 0 Å². The van der Waals surface area contributed by atoms with Gasteiger partial charge in [0.15, 0.2) is 0 Å². The summed E-state index contributed by atoms with van der Waals surface area (Å²) >= 11 is 2.03. The quantitative estimate of drug-likeness (QED) is 0.666. The molecule has 0 aromatic rings.